The summed E-state index contributed by atoms with van der Waals surface area (Å²) in [6.07, 6.45) is -12.9. The van der Waals surface area contributed by atoms with Crippen LogP contribution in [0.2, 0.25) is 0 Å². The Morgan fingerprint density at radius 2 is 1.45 bits per heavy atom. The fourth-order valence-corrected chi connectivity index (χ4v) is 5.75. The molecule has 3 nitrogen and oxygen atoms in total. The summed E-state index contributed by atoms with van der Waals surface area (Å²) in [6, 6.07) is 3.97. The molecule has 2 aromatic carbocycles. The molecular weight excluding hydrogens is 553 g/mol. The molecule has 1 N–H and O–H groups in total. The minimum Gasteiger partial charge on any atom is -0.481 e. The van der Waals surface area contributed by atoms with Gasteiger partial charge in [-0.05, 0) is 73.1 Å². The number of halogens is 9. The molecule has 4 atom stereocenters. The summed E-state index contributed by atoms with van der Waals surface area (Å²) < 4.78 is 122. The minimum atomic E-state index is -4.95. The zero-order chi connectivity index (χ0) is 30.0. The number of alkyl halides is 9. The largest absolute Gasteiger partial charge is 0.481 e. The maximum absolute atomic E-state index is 13.9. The number of carbonyl (C=O) groups is 1. The second-order valence-corrected chi connectivity index (χ2v) is 10.2. The molecule has 12 heteroatoms. The summed E-state index contributed by atoms with van der Waals surface area (Å²) in [5.41, 5.74) is -3.71. The molecule has 0 aliphatic carbocycles. The van der Waals surface area contributed by atoms with Gasteiger partial charge in [-0.3, -0.25) is 9.69 Å². The van der Waals surface area contributed by atoms with Gasteiger partial charge in [0.1, 0.15) is 0 Å². The Bertz CT molecular complexity index is 1160. The van der Waals surface area contributed by atoms with Gasteiger partial charge < -0.3 is 5.11 Å². The van der Waals surface area contributed by atoms with Crippen LogP contribution in [-0.4, -0.2) is 22.0 Å². The van der Waals surface area contributed by atoms with Gasteiger partial charge in [-0.1, -0.05) is 32.4 Å². The monoisotopic (exact) mass is 583 g/mol. The zero-order valence-electron chi connectivity index (χ0n) is 21.8. The summed E-state index contributed by atoms with van der Waals surface area (Å²) >= 11 is 0. The van der Waals surface area contributed by atoms with Crippen molar-refractivity contribution in [2.75, 3.05) is 0 Å². The van der Waals surface area contributed by atoms with E-state index in [2.05, 4.69) is 0 Å². The number of piperidine rings is 1. The maximum Gasteiger partial charge on any atom is 0.416 e. The van der Waals surface area contributed by atoms with Crippen LogP contribution in [0.5, 0.6) is 0 Å². The summed E-state index contributed by atoms with van der Waals surface area (Å²) in [5, 5.41) is 9.79. The summed E-state index contributed by atoms with van der Waals surface area (Å²) in [4.78, 5) is 13.6. The standard InChI is InChI=1S/C28H30F9NO2/c1-3-5-21-13-17(22(4-2)25(39)40)14-24(16-6-8-19(9-7-16)26(29,30)31)38(21)15-18-12-20(27(32,33)34)10-11-23(18)28(35,36)37/h6-12,17,21-22,24H,3-5,13-15H2,1-2H3,(H,39,40)/t17-,21+,22?,24+/m1/s1. The van der Waals surface area contributed by atoms with Crippen LogP contribution in [0.4, 0.5) is 39.5 Å². The molecule has 1 saturated heterocycles. The van der Waals surface area contributed by atoms with E-state index in [0.717, 1.165) is 12.1 Å². The highest BCUT2D eigenvalue weighted by molar-refractivity contribution is 5.70. The van der Waals surface area contributed by atoms with Crippen LogP contribution in [0.3, 0.4) is 0 Å². The van der Waals surface area contributed by atoms with Crippen molar-refractivity contribution >= 4 is 5.97 Å². The number of nitrogens with zero attached hydrogens (tertiary/aromatic N) is 1. The highest BCUT2D eigenvalue weighted by Crippen LogP contribution is 2.45. The Morgan fingerprint density at radius 3 is 1.93 bits per heavy atom. The number of benzene rings is 2. The van der Waals surface area contributed by atoms with Crippen LogP contribution in [0, 0.1) is 11.8 Å². The van der Waals surface area contributed by atoms with Crippen molar-refractivity contribution in [1.29, 1.82) is 0 Å². The average Bonchev–Trinajstić information content (AvgIpc) is 2.84. The normalized spacial score (nSPS) is 21.8. The lowest BCUT2D eigenvalue weighted by Gasteiger charge is -2.47. The first-order valence-electron chi connectivity index (χ1n) is 12.9. The van der Waals surface area contributed by atoms with Gasteiger partial charge in [-0.2, -0.15) is 39.5 Å². The van der Waals surface area contributed by atoms with Crippen molar-refractivity contribution in [3.8, 4) is 0 Å². The van der Waals surface area contributed by atoms with Gasteiger partial charge in [0.15, 0.2) is 0 Å². The molecule has 0 aromatic heterocycles. The SMILES string of the molecule is CCC[C@H]1C[C@@H](C(CC)C(=O)O)C[C@@H](c2ccc(C(F)(F)F)cc2)N1Cc1cc(C(F)(F)F)ccc1C(F)(F)F. The van der Waals surface area contributed by atoms with Crippen molar-refractivity contribution in [1.82, 2.24) is 4.90 Å². The lowest BCUT2D eigenvalue weighted by atomic mass is 9.74. The van der Waals surface area contributed by atoms with E-state index in [1.807, 2.05) is 6.92 Å². The first-order valence-corrected chi connectivity index (χ1v) is 12.9. The third-order valence-electron chi connectivity index (χ3n) is 7.63. The van der Waals surface area contributed by atoms with Crippen LogP contribution in [-0.2, 0) is 29.9 Å². The molecule has 0 radical (unpaired) electrons. The third kappa shape index (κ3) is 7.30. The van der Waals surface area contributed by atoms with Gasteiger partial charge in [-0.15, -0.1) is 0 Å². The van der Waals surface area contributed by atoms with Crippen molar-refractivity contribution in [2.24, 2.45) is 11.8 Å². The number of carboxylic acid groups (broad SMARTS) is 1. The fourth-order valence-electron chi connectivity index (χ4n) is 5.75. The van der Waals surface area contributed by atoms with E-state index in [1.165, 1.54) is 12.1 Å². The molecule has 0 spiro atoms. The molecule has 3 rings (SSSR count). The first kappa shape index (κ1) is 31.8. The molecule has 1 heterocycles. The number of rotatable bonds is 8. The van der Waals surface area contributed by atoms with E-state index in [9.17, 15) is 49.4 Å². The van der Waals surface area contributed by atoms with E-state index in [0.29, 0.717) is 36.6 Å². The van der Waals surface area contributed by atoms with Crippen molar-refractivity contribution < 1.29 is 49.4 Å². The number of aliphatic carboxylic acids is 1. The molecule has 1 aliphatic heterocycles. The molecule has 0 amide bonds. The van der Waals surface area contributed by atoms with E-state index >= 15 is 0 Å². The molecular formula is C28H30F9NO2. The summed E-state index contributed by atoms with van der Waals surface area (Å²) in [5.74, 6) is -2.29. The molecule has 40 heavy (non-hydrogen) atoms. The lowest BCUT2D eigenvalue weighted by molar-refractivity contribution is -0.146. The van der Waals surface area contributed by atoms with Crippen LogP contribution in [0.25, 0.3) is 0 Å². The van der Waals surface area contributed by atoms with Crippen molar-refractivity contribution in [3.05, 3.63) is 70.3 Å². The Kier molecular flexibility index (Phi) is 9.53. The Hall–Kier alpha value is -2.76. The van der Waals surface area contributed by atoms with Gasteiger partial charge >= 0.3 is 24.5 Å². The lowest BCUT2D eigenvalue weighted by Crippen LogP contribution is -2.46. The Balaban J connectivity index is 2.15. The second-order valence-electron chi connectivity index (χ2n) is 10.2. The van der Waals surface area contributed by atoms with E-state index in [-0.39, 0.29) is 19.3 Å². The highest BCUT2D eigenvalue weighted by atomic mass is 19.4. The van der Waals surface area contributed by atoms with Gasteiger partial charge in [0.2, 0.25) is 0 Å². The van der Waals surface area contributed by atoms with Crippen LogP contribution < -0.4 is 0 Å². The van der Waals surface area contributed by atoms with Gasteiger partial charge in [0.25, 0.3) is 0 Å². The van der Waals surface area contributed by atoms with Gasteiger partial charge in [-0.25, -0.2) is 0 Å². The number of hydrogen-bond acceptors (Lipinski definition) is 2. The second kappa shape index (κ2) is 12.0. The topological polar surface area (TPSA) is 40.5 Å². The maximum atomic E-state index is 13.9. The molecule has 0 saturated carbocycles. The molecule has 0 bridgehead atoms. The van der Waals surface area contributed by atoms with E-state index in [4.69, 9.17) is 0 Å². The van der Waals surface area contributed by atoms with Gasteiger partial charge in [0.05, 0.1) is 22.6 Å². The Labute approximate surface area is 226 Å². The molecule has 1 unspecified atom stereocenters. The molecule has 1 fully saturated rings. The van der Waals surface area contributed by atoms with E-state index < -0.39 is 77.2 Å². The summed E-state index contributed by atoms with van der Waals surface area (Å²) in [7, 11) is 0. The third-order valence-corrected chi connectivity index (χ3v) is 7.63. The van der Waals surface area contributed by atoms with Crippen molar-refractivity contribution in [3.63, 3.8) is 0 Å². The Morgan fingerprint density at radius 1 is 0.875 bits per heavy atom. The number of carboxylic acids is 1. The smallest absolute Gasteiger partial charge is 0.416 e. The number of hydrogen-bond donors (Lipinski definition) is 1. The van der Waals surface area contributed by atoms with Gasteiger partial charge in [0, 0.05) is 18.6 Å². The average molecular weight is 584 g/mol. The zero-order valence-corrected chi connectivity index (χ0v) is 21.8. The molecule has 222 valence electrons. The minimum absolute atomic E-state index is 0.108. The first-order chi connectivity index (χ1) is 18.5. The quantitative estimate of drug-likeness (QED) is 0.316. The van der Waals surface area contributed by atoms with E-state index in [1.54, 1.807) is 11.8 Å². The van der Waals surface area contributed by atoms with Crippen LogP contribution >= 0.6 is 0 Å². The predicted octanol–water partition coefficient (Wildman–Crippen LogP) is 8.98. The predicted molar refractivity (Wildman–Crippen MR) is 129 cm³/mol. The van der Waals surface area contributed by atoms with Crippen molar-refractivity contribution in [2.45, 2.75) is 83.1 Å². The van der Waals surface area contributed by atoms with Crippen LogP contribution in [0.15, 0.2) is 42.5 Å². The molecule has 2 aromatic rings. The van der Waals surface area contributed by atoms with Crippen LogP contribution in [0.1, 0.15) is 79.8 Å². The molecule has 1 aliphatic rings. The fraction of sp³-hybridized carbons (Fsp3) is 0.536. The number of likely N-dealkylation sites (tertiary alicyclic amines) is 1. The summed E-state index contributed by atoms with van der Waals surface area (Å²) in [6.45, 7) is 2.95. The highest BCUT2D eigenvalue weighted by Gasteiger charge is 2.43.